The van der Waals surface area contributed by atoms with E-state index in [1.54, 1.807) is 11.8 Å². The molecule has 1 heterocycles. The van der Waals surface area contributed by atoms with Gasteiger partial charge in [0.1, 0.15) is 13.2 Å². The zero-order valence-electron chi connectivity index (χ0n) is 12.0. The number of rotatable bonds is 6. The molecule has 0 aliphatic carbocycles. The second kappa shape index (κ2) is 7.06. The molecule has 0 amide bonds. The van der Waals surface area contributed by atoms with Gasteiger partial charge in [-0.3, -0.25) is 0 Å². The first-order valence-electron chi connectivity index (χ1n) is 6.98. The molecule has 19 heavy (non-hydrogen) atoms. The Morgan fingerprint density at radius 3 is 2.37 bits per heavy atom. The van der Waals surface area contributed by atoms with E-state index in [0.717, 1.165) is 30.9 Å². The molecule has 0 saturated heterocycles. The van der Waals surface area contributed by atoms with Crippen LogP contribution in [0.2, 0.25) is 0 Å². The number of fused-ring (bicyclic) bond motifs is 1. The van der Waals surface area contributed by atoms with Crippen LogP contribution in [0, 0.1) is 0 Å². The molecule has 1 aromatic carbocycles. The Kier molecular flexibility index (Phi) is 5.40. The van der Waals surface area contributed by atoms with Crippen LogP contribution in [0.5, 0.6) is 11.5 Å². The fourth-order valence-electron chi connectivity index (χ4n) is 2.27. The van der Waals surface area contributed by atoms with Gasteiger partial charge in [0.2, 0.25) is 0 Å². The van der Waals surface area contributed by atoms with Crippen LogP contribution in [0.3, 0.4) is 0 Å². The molecule has 0 fully saturated rings. The van der Waals surface area contributed by atoms with Crippen molar-refractivity contribution in [1.82, 2.24) is 5.32 Å². The number of benzene rings is 1. The summed E-state index contributed by atoms with van der Waals surface area (Å²) >= 11 is 1.76. The average molecular weight is 281 g/mol. The lowest BCUT2D eigenvalue weighted by Gasteiger charge is -2.22. The maximum Gasteiger partial charge on any atom is 0.162 e. The molecule has 0 atom stereocenters. The van der Waals surface area contributed by atoms with E-state index < -0.39 is 0 Å². The minimum atomic E-state index is 0.586. The highest BCUT2D eigenvalue weighted by Crippen LogP contribution is 2.36. The highest BCUT2D eigenvalue weighted by atomic mass is 32.2. The SMILES string of the molecule is CCC(CC)NCc1cc2c(cc1SC)OCCO2. The van der Waals surface area contributed by atoms with E-state index in [9.17, 15) is 0 Å². The average Bonchev–Trinajstić information content (AvgIpc) is 2.47. The van der Waals surface area contributed by atoms with Gasteiger partial charge in [-0.1, -0.05) is 13.8 Å². The van der Waals surface area contributed by atoms with E-state index in [1.807, 2.05) is 0 Å². The summed E-state index contributed by atoms with van der Waals surface area (Å²) in [6.45, 7) is 6.62. The largest absolute Gasteiger partial charge is 0.486 e. The molecule has 3 nitrogen and oxygen atoms in total. The molecule has 0 saturated carbocycles. The molecule has 0 aromatic heterocycles. The van der Waals surface area contributed by atoms with Crippen molar-refractivity contribution in [2.24, 2.45) is 0 Å². The molecule has 0 radical (unpaired) electrons. The van der Waals surface area contributed by atoms with E-state index in [1.165, 1.54) is 10.5 Å². The maximum absolute atomic E-state index is 5.66. The van der Waals surface area contributed by atoms with Gasteiger partial charge >= 0.3 is 0 Å². The third-order valence-corrected chi connectivity index (χ3v) is 4.33. The molecule has 1 aromatic rings. The summed E-state index contributed by atoms with van der Waals surface area (Å²) in [5.41, 5.74) is 1.30. The van der Waals surface area contributed by atoms with Gasteiger partial charge in [-0.05, 0) is 36.8 Å². The fraction of sp³-hybridized carbons (Fsp3) is 0.600. The van der Waals surface area contributed by atoms with Crippen molar-refractivity contribution in [2.75, 3.05) is 19.5 Å². The van der Waals surface area contributed by atoms with Crippen LogP contribution in [0.1, 0.15) is 32.3 Å². The first kappa shape index (κ1) is 14.5. The second-order valence-electron chi connectivity index (χ2n) is 4.70. The molecule has 106 valence electrons. The van der Waals surface area contributed by atoms with E-state index >= 15 is 0 Å². The highest BCUT2D eigenvalue weighted by molar-refractivity contribution is 7.98. The van der Waals surface area contributed by atoms with Crippen LogP contribution in [-0.2, 0) is 6.54 Å². The van der Waals surface area contributed by atoms with Gasteiger partial charge in [0, 0.05) is 17.5 Å². The number of hydrogen-bond donors (Lipinski definition) is 1. The van der Waals surface area contributed by atoms with Crippen molar-refractivity contribution < 1.29 is 9.47 Å². The predicted molar refractivity (Wildman–Crippen MR) is 80.4 cm³/mol. The Hall–Kier alpha value is -0.870. The first-order chi connectivity index (χ1) is 9.28. The fourth-order valence-corrected chi connectivity index (χ4v) is 2.89. The summed E-state index contributed by atoms with van der Waals surface area (Å²) in [4.78, 5) is 1.27. The normalized spacial score (nSPS) is 13.9. The van der Waals surface area contributed by atoms with Crippen molar-refractivity contribution >= 4 is 11.8 Å². The standard InChI is InChI=1S/C15H23NO2S/c1-4-12(5-2)16-10-11-8-13-14(9-15(11)19-3)18-7-6-17-13/h8-9,12,16H,4-7,10H2,1-3H3. The second-order valence-corrected chi connectivity index (χ2v) is 5.55. The lowest BCUT2D eigenvalue weighted by molar-refractivity contribution is 0.171. The molecule has 1 aliphatic heterocycles. The van der Waals surface area contributed by atoms with E-state index in [0.29, 0.717) is 19.3 Å². The van der Waals surface area contributed by atoms with Crippen LogP contribution >= 0.6 is 11.8 Å². The summed E-state index contributed by atoms with van der Waals surface area (Å²) in [5.74, 6) is 1.76. The first-order valence-corrected chi connectivity index (χ1v) is 8.20. The van der Waals surface area contributed by atoms with Crippen molar-refractivity contribution in [3.05, 3.63) is 17.7 Å². The smallest absolute Gasteiger partial charge is 0.162 e. The number of nitrogens with one attached hydrogen (secondary N) is 1. The third kappa shape index (κ3) is 3.57. The molecular weight excluding hydrogens is 258 g/mol. The Labute approximate surface area is 120 Å². The highest BCUT2D eigenvalue weighted by Gasteiger charge is 2.15. The Morgan fingerprint density at radius 2 is 1.79 bits per heavy atom. The zero-order valence-corrected chi connectivity index (χ0v) is 12.8. The van der Waals surface area contributed by atoms with Gasteiger partial charge in [-0.15, -0.1) is 11.8 Å². The lowest BCUT2D eigenvalue weighted by Crippen LogP contribution is -2.27. The summed E-state index contributed by atoms with van der Waals surface area (Å²) in [5, 5.41) is 3.61. The van der Waals surface area contributed by atoms with Crippen molar-refractivity contribution in [3.63, 3.8) is 0 Å². The van der Waals surface area contributed by atoms with E-state index in [4.69, 9.17) is 9.47 Å². The maximum atomic E-state index is 5.66. The van der Waals surface area contributed by atoms with Gasteiger partial charge in [0.15, 0.2) is 11.5 Å². The van der Waals surface area contributed by atoms with Crippen molar-refractivity contribution in [2.45, 2.75) is 44.2 Å². The molecule has 1 N–H and O–H groups in total. The minimum Gasteiger partial charge on any atom is -0.486 e. The predicted octanol–water partition coefficient (Wildman–Crippen LogP) is 3.46. The molecule has 0 spiro atoms. The topological polar surface area (TPSA) is 30.5 Å². The molecule has 0 bridgehead atoms. The zero-order chi connectivity index (χ0) is 13.7. The summed E-state index contributed by atoms with van der Waals surface area (Å²) in [6.07, 6.45) is 4.43. The Balaban J connectivity index is 2.14. The van der Waals surface area contributed by atoms with E-state index in [-0.39, 0.29) is 0 Å². The Bertz CT molecular complexity index is 419. The quantitative estimate of drug-likeness (QED) is 0.809. The molecular formula is C15H23NO2S. The molecule has 2 rings (SSSR count). The van der Waals surface area contributed by atoms with Crippen LogP contribution < -0.4 is 14.8 Å². The van der Waals surface area contributed by atoms with Crippen molar-refractivity contribution in [3.8, 4) is 11.5 Å². The van der Waals surface area contributed by atoms with Crippen molar-refractivity contribution in [1.29, 1.82) is 0 Å². The lowest BCUT2D eigenvalue weighted by atomic mass is 10.1. The summed E-state index contributed by atoms with van der Waals surface area (Å²) in [7, 11) is 0. The van der Waals surface area contributed by atoms with Crippen LogP contribution in [0.15, 0.2) is 17.0 Å². The van der Waals surface area contributed by atoms with Gasteiger partial charge in [0.25, 0.3) is 0 Å². The van der Waals surface area contributed by atoms with Crippen LogP contribution in [0.25, 0.3) is 0 Å². The van der Waals surface area contributed by atoms with Gasteiger partial charge in [0.05, 0.1) is 0 Å². The van der Waals surface area contributed by atoms with E-state index in [2.05, 4.69) is 37.6 Å². The van der Waals surface area contributed by atoms with Gasteiger partial charge in [-0.25, -0.2) is 0 Å². The van der Waals surface area contributed by atoms with Gasteiger partial charge in [-0.2, -0.15) is 0 Å². The number of hydrogen-bond acceptors (Lipinski definition) is 4. The minimum absolute atomic E-state index is 0.586. The van der Waals surface area contributed by atoms with Crippen LogP contribution in [0.4, 0.5) is 0 Å². The number of ether oxygens (including phenoxy) is 2. The monoisotopic (exact) mass is 281 g/mol. The Morgan fingerprint density at radius 1 is 1.16 bits per heavy atom. The molecule has 4 heteroatoms. The van der Waals surface area contributed by atoms with Crippen LogP contribution in [-0.4, -0.2) is 25.5 Å². The molecule has 0 unspecified atom stereocenters. The third-order valence-electron chi connectivity index (χ3n) is 3.51. The number of thioether (sulfide) groups is 1. The summed E-state index contributed by atoms with van der Waals surface area (Å²) in [6, 6.07) is 4.81. The van der Waals surface area contributed by atoms with Gasteiger partial charge < -0.3 is 14.8 Å². The summed E-state index contributed by atoms with van der Waals surface area (Å²) < 4.78 is 11.3. The molecule has 1 aliphatic rings.